The maximum atomic E-state index is 14.8. The van der Waals surface area contributed by atoms with E-state index in [2.05, 4.69) is 34.8 Å². The van der Waals surface area contributed by atoms with Crippen molar-refractivity contribution in [1.82, 2.24) is 39.6 Å². The van der Waals surface area contributed by atoms with Gasteiger partial charge in [0.1, 0.15) is 21.3 Å². The topological polar surface area (TPSA) is 209 Å². The summed E-state index contributed by atoms with van der Waals surface area (Å²) in [5.74, 6) is 1.31. The molecule has 0 amide bonds. The molecule has 16 nitrogen and oxygen atoms in total. The number of aromatic nitrogens is 6. The Morgan fingerprint density at radius 1 is 0.889 bits per heavy atom. The molecule has 1 aliphatic rings. The van der Waals surface area contributed by atoms with Gasteiger partial charge in [-0.2, -0.15) is 4.80 Å². The number of sulfonamides is 2. The second kappa shape index (κ2) is 14.4. The maximum Gasteiger partial charge on any atom is 0.242 e. The summed E-state index contributed by atoms with van der Waals surface area (Å²) in [6.45, 7) is 1.32. The number of nitrogens with two attached hydrogens (primary N) is 1. The van der Waals surface area contributed by atoms with Gasteiger partial charge in [-0.1, -0.05) is 42.5 Å². The maximum absolute atomic E-state index is 14.8. The third kappa shape index (κ3) is 7.64. The predicted molar refractivity (Wildman–Crippen MR) is 202 cm³/mol. The molecule has 5 N–H and O–H groups in total. The third-order valence-electron chi connectivity index (χ3n) is 9.41. The molecular weight excluding hydrogens is 733 g/mol. The van der Waals surface area contributed by atoms with Crippen LogP contribution >= 0.6 is 0 Å². The molecule has 1 fully saturated rings. The van der Waals surface area contributed by atoms with Gasteiger partial charge < -0.3 is 24.7 Å². The molecule has 0 unspecified atom stereocenters. The van der Waals surface area contributed by atoms with Crippen LogP contribution in [-0.4, -0.2) is 98.9 Å². The summed E-state index contributed by atoms with van der Waals surface area (Å²) >= 11 is 0. The number of imidazole rings is 1. The molecule has 0 radical (unpaired) electrons. The Morgan fingerprint density at radius 2 is 1.57 bits per heavy atom. The van der Waals surface area contributed by atoms with Crippen molar-refractivity contribution in [2.45, 2.75) is 35.3 Å². The number of hydrogen-bond acceptors (Lipinski definition) is 11. The van der Waals surface area contributed by atoms with Crippen LogP contribution in [0.1, 0.15) is 17.5 Å². The standard InChI is InChI=1S/C36H41N10O6S2/c1-46(2)19-18-25(22-46)43-53(47,48)31-17-16-28(29-6-5-7-30-33(29)40-36(37)39-30)32(34(31)54(49,50)38-20-23-8-12-26(51-3)13-9-23)35-41-44-45(42-35)21-24-10-14-27(52-4)15-11-24/h5-17,25,38,43H,18-22H2,1-4H3,(H3,37,39,40)/q+1/t25-/m0/s1. The minimum absolute atomic E-state index is 0.0716. The fourth-order valence-electron chi connectivity index (χ4n) is 6.72. The monoisotopic (exact) mass is 773 g/mol. The molecule has 0 aliphatic carbocycles. The van der Waals surface area contributed by atoms with Crippen LogP contribution in [0.25, 0.3) is 33.5 Å². The largest absolute Gasteiger partial charge is 0.497 e. The summed E-state index contributed by atoms with van der Waals surface area (Å²) < 4.78 is 75.0. The van der Waals surface area contributed by atoms with Gasteiger partial charge in [-0.05, 0) is 58.3 Å². The molecule has 1 atom stereocenters. The van der Waals surface area contributed by atoms with E-state index in [1.165, 1.54) is 18.0 Å². The highest BCUT2D eigenvalue weighted by molar-refractivity contribution is 7.92. The van der Waals surface area contributed by atoms with Gasteiger partial charge >= 0.3 is 0 Å². The van der Waals surface area contributed by atoms with E-state index < -0.39 is 35.9 Å². The van der Waals surface area contributed by atoms with E-state index in [4.69, 9.17) is 15.2 Å². The quantitative estimate of drug-likeness (QED) is 0.125. The number of H-pyrrole nitrogens is 1. The number of hydrogen-bond donors (Lipinski definition) is 4. The number of ether oxygens (including phenoxy) is 2. The Morgan fingerprint density at radius 3 is 2.22 bits per heavy atom. The number of rotatable bonds is 13. The summed E-state index contributed by atoms with van der Waals surface area (Å²) in [4.78, 5) is 7.81. The van der Waals surface area contributed by atoms with Crippen LogP contribution in [0.2, 0.25) is 0 Å². The van der Waals surface area contributed by atoms with Crippen molar-refractivity contribution in [3.05, 3.63) is 90.0 Å². The minimum atomic E-state index is -4.65. The Bertz CT molecular complexity index is 2540. The summed E-state index contributed by atoms with van der Waals surface area (Å²) in [6.07, 6.45) is 0.582. The van der Waals surface area contributed by atoms with Crippen LogP contribution in [0.4, 0.5) is 5.95 Å². The van der Waals surface area contributed by atoms with Crippen LogP contribution in [0.3, 0.4) is 0 Å². The minimum Gasteiger partial charge on any atom is -0.497 e. The molecule has 6 aromatic rings. The molecule has 0 spiro atoms. The molecule has 18 heteroatoms. The summed E-state index contributed by atoms with van der Waals surface area (Å²) in [5, 5.41) is 13.2. The highest BCUT2D eigenvalue weighted by Gasteiger charge is 2.38. The molecule has 2 aromatic heterocycles. The number of anilines is 1. The van der Waals surface area contributed by atoms with Crippen LogP contribution in [0, 0.1) is 0 Å². The van der Waals surface area contributed by atoms with Crippen molar-refractivity contribution in [2.24, 2.45) is 0 Å². The number of nitrogens with one attached hydrogen (secondary N) is 3. The third-order valence-corrected chi connectivity index (χ3v) is 12.6. The number of tetrazole rings is 1. The van der Waals surface area contributed by atoms with Crippen molar-refractivity contribution < 1.29 is 30.8 Å². The molecule has 7 rings (SSSR count). The van der Waals surface area contributed by atoms with E-state index in [1.54, 1.807) is 67.8 Å². The number of benzene rings is 4. The molecule has 282 valence electrons. The van der Waals surface area contributed by atoms with Gasteiger partial charge in [0.25, 0.3) is 0 Å². The highest BCUT2D eigenvalue weighted by atomic mass is 32.2. The van der Waals surface area contributed by atoms with E-state index in [0.29, 0.717) is 56.7 Å². The lowest BCUT2D eigenvalue weighted by molar-refractivity contribution is -0.878. The van der Waals surface area contributed by atoms with Crippen LogP contribution < -0.4 is 24.7 Å². The average molecular weight is 774 g/mol. The second-order valence-electron chi connectivity index (χ2n) is 13.8. The number of nitrogen functional groups attached to an aromatic ring is 1. The van der Waals surface area contributed by atoms with Crippen molar-refractivity contribution in [1.29, 1.82) is 0 Å². The Balaban J connectivity index is 1.43. The average Bonchev–Trinajstić information content (AvgIpc) is 3.87. The number of fused-ring (bicyclic) bond motifs is 1. The van der Waals surface area contributed by atoms with Gasteiger partial charge in [0.15, 0.2) is 5.95 Å². The van der Waals surface area contributed by atoms with Gasteiger partial charge in [-0.15, -0.1) is 10.2 Å². The molecular formula is C36H41N10O6S2+. The van der Waals surface area contributed by atoms with Gasteiger partial charge in [-0.25, -0.2) is 31.3 Å². The second-order valence-corrected chi connectivity index (χ2v) is 17.1. The fourth-order valence-corrected chi connectivity index (χ4v) is 10.0. The normalized spacial score (nSPS) is 15.8. The lowest BCUT2D eigenvalue weighted by atomic mass is 9.98. The first-order chi connectivity index (χ1) is 25.7. The molecule has 1 saturated heterocycles. The summed E-state index contributed by atoms with van der Waals surface area (Å²) in [6, 6.07) is 21.8. The van der Waals surface area contributed by atoms with Gasteiger partial charge in [0.05, 0.1) is 70.6 Å². The highest BCUT2D eigenvalue weighted by Crippen LogP contribution is 2.41. The van der Waals surface area contributed by atoms with Crippen molar-refractivity contribution in [2.75, 3.05) is 47.1 Å². The SMILES string of the molecule is COc1ccc(CNS(=O)(=O)c2c(S(=O)(=O)N[C@H]3CC[N+](C)(C)C3)ccc(-c3cccc4[nH]c(N)nc34)c2-c2nnn(Cc3ccc(OC)cc3)n2)cc1. The predicted octanol–water partition coefficient (Wildman–Crippen LogP) is 3.14. The lowest BCUT2D eigenvalue weighted by Crippen LogP contribution is -2.42. The first-order valence-corrected chi connectivity index (χ1v) is 20.0. The Kier molecular flexibility index (Phi) is 9.88. The number of para-hydroxylation sites is 1. The summed E-state index contributed by atoms with van der Waals surface area (Å²) in [5.41, 5.74) is 9.23. The van der Waals surface area contributed by atoms with E-state index in [-0.39, 0.29) is 30.4 Å². The number of quaternary nitrogens is 1. The molecule has 0 saturated carbocycles. The molecule has 54 heavy (non-hydrogen) atoms. The Labute approximate surface area is 313 Å². The zero-order valence-corrected chi connectivity index (χ0v) is 31.8. The van der Waals surface area contributed by atoms with Crippen LogP contribution in [0.5, 0.6) is 11.5 Å². The molecule has 4 aromatic carbocycles. The smallest absolute Gasteiger partial charge is 0.242 e. The van der Waals surface area contributed by atoms with Gasteiger partial charge in [-0.3, -0.25) is 0 Å². The number of methoxy groups -OCH3 is 2. The molecule has 1 aliphatic heterocycles. The number of likely N-dealkylation sites (N-methyl/N-ethyl adjacent to an activating group) is 1. The first kappa shape index (κ1) is 36.9. The van der Waals surface area contributed by atoms with Crippen LogP contribution in [0.15, 0.2) is 88.7 Å². The number of nitrogens with zero attached hydrogens (tertiary/aromatic N) is 6. The number of likely N-dealkylation sites (tertiary alicyclic amines) is 1. The lowest BCUT2D eigenvalue weighted by Gasteiger charge is -2.24. The zero-order valence-electron chi connectivity index (χ0n) is 30.1. The zero-order chi connectivity index (χ0) is 38.3. The summed E-state index contributed by atoms with van der Waals surface area (Å²) in [7, 11) is -1.95. The first-order valence-electron chi connectivity index (χ1n) is 17.0. The van der Waals surface area contributed by atoms with E-state index in [1.807, 2.05) is 26.2 Å². The van der Waals surface area contributed by atoms with E-state index in [9.17, 15) is 16.8 Å². The number of aromatic amines is 1. The van der Waals surface area contributed by atoms with Crippen molar-refractivity contribution in [3.63, 3.8) is 0 Å². The fraction of sp³-hybridized carbons (Fsp3) is 0.278. The Hall–Kier alpha value is -5.40. The van der Waals surface area contributed by atoms with Crippen LogP contribution in [-0.2, 0) is 33.1 Å². The van der Waals surface area contributed by atoms with Crippen molar-refractivity contribution in [3.8, 4) is 34.0 Å². The molecule has 0 bridgehead atoms. The van der Waals surface area contributed by atoms with Crippen molar-refractivity contribution >= 4 is 37.0 Å². The van der Waals surface area contributed by atoms with E-state index >= 15 is 0 Å². The molecule has 3 heterocycles. The van der Waals surface area contributed by atoms with Gasteiger partial charge in [0, 0.05) is 18.5 Å². The van der Waals surface area contributed by atoms with Gasteiger partial charge in [0.2, 0.25) is 25.9 Å². The van der Waals surface area contributed by atoms with E-state index in [0.717, 1.165) is 12.1 Å².